The molecule has 5 rings (SSSR count). The van der Waals surface area contributed by atoms with Crippen LogP contribution in [0.4, 0.5) is 10.6 Å². The second-order valence-electron chi connectivity index (χ2n) is 11.6. The molecule has 0 saturated carbocycles. The lowest BCUT2D eigenvalue weighted by molar-refractivity contribution is -0.0365. The van der Waals surface area contributed by atoms with E-state index in [1.807, 2.05) is 62.7 Å². The molecule has 0 spiro atoms. The number of halogens is 2. The number of fused-ring (bicyclic) bond motifs is 1. The molecule has 12 heteroatoms. The summed E-state index contributed by atoms with van der Waals surface area (Å²) in [6.07, 6.45) is 6.54. The van der Waals surface area contributed by atoms with Crippen molar-refractivity contribution in [1.29, 1.82) is 0 Å². The lowest BCUT2D eigenvalue weighted by Gasteiger charge is -2.26. The lowest BCUT2D eigenvalue weighted by Crippen LogP contribution is -2.39. The van der Waals surface area contributed by atoms with E-state index < -0.39 is 17.8 Å². The number of carbonyl (C=O) groups excluding carboxylic acids is 1. The molecule has 1 saturated heterocycles. The van der Waals surface area contributed by atoms with Crippen LogP contribution in [-0.4, -0.2) is 58.3 Å². The van der Waals surface area contributed by atoms with Crippen LogP contribution in [-0.2, 0) is 14.2 Å². The van der Waals surface area contributed by atoms with Gasteiger partial charge >= 0.3 is 6.09 Å². The summed E-state index contributed by atoms with van der Waals surface area (Å²) in [7, 11) is 1.58. The van der Waals surface area contributed by atoms with Crippen LogP contribution in [0.2, 0.25) is 10.0 Å². The fraction of sp³-hybridized carbons (Fsp3) is 0.438. The Hall–Kier alpha value is -3.44. The Morgan fingerprint density at radius 2 is 1.93 bits per heavy atom. The van der Waals surface area contributed by atoms with Crippen LogP contribution in [0, 0.1) is 0 Å². The SMILES string of the molecule is COCCN(C(=O)OC(C)(C)C)c1cc(-c2nn(C3CCCCO3)c3ccc(O[C@H](C)c4c(Cl)cncc4Cl)cc23)ccn1. The van der Waals surface area contributed by atoms with Gasteiger partial charge in [0.05, 0.1) is 28.7 Å². The normalized spacial score (nSPS) is 16.1. The van der Waals surface area contributed by atoms with E-state index in [0.29, 0.717) is 46.1 Å². The smallest absolute Gasteiger partial charge is 0.416 e. The molecule has 0 N–H and O–H groups in total. The van der Waals surface area contributed by atoms with E-state index in [2.05, 4.69) is 9.97 Å². The summed E-state index contributed by atoms with van der Waals surface area (Å²) in [5, 5.41) is 6.77. The Morgan fingerprint density at radius 1 is 1.16 bits per heavy atom. The average molecular weight is 643 g/mol. The summed E-state index contributed by atoms with van der Waals surface area (Å²) < 4.78 is 25.3. The number of anilines is 1. The summed E-state index contributed by atoms with van der Waals surface area (Å²) in [6, 6.07) is 9.54. The first-order valence-corrected chi connectivity index (χ1v) is 15.4. The van der Waals surface area contributed by atoms with Gasteiger partial charge in [-0.1, -0.05) is 23.2 Å². The van der Waals surface area contributed by atoms with Crippen molar-refractivity contribution >= 4 is 46.0 Å². The van der Waals surface area contributed by atoms with Gasteiger partial charge in [0.15, 0.2) is 6.23 Å². The van der Waals surface area contributed by atoms with Gasteiger partial charge in [-0.25, -0.2) is 14.5 Å². The number of amides is 1. The van der Waals surface area contributed by atoms with E-state index in [1.54, 1.807) is 25.7 Å². The van der Waals surface area contributed by atoms with Crippen molar-refractivity contribution in [3.63, 3.8) is 0 Å². The average Bonchev–Trinajstić information content (AvgIpc) is 3.36. The van der Waals surface area contributed by atoms with Crippen LogP contribution < -0.4 is 9.64 Å². The van der Waals surface area contributed by atoms with Crippen LogP contribution in [0.5, 0.6) is 5.75 Å². The van der Waals surface area contributed by atoms with Crippen molar-refractivity contribution in [2.45, 2.75) is 64.9 Å². The molecule has 1 aliphatic rings. The van der Waals surface area contributed by atoms with Gasteiger partial charge in [-0.3, -0.25) is 9.88 Å². The monoisotopic (exact) mass is 641 g/mol. The highest BCUT2D eigenvalue weighted by Crippen LogP contribution is 2.38. The molecule has 3 aromatic heterocycles. The molecule has 10 nitrogen and oxygen atoms in total. The zero-order chi connectivity index (χ0) is 31.4. The molecule has 1 amide bonds. The maximum absolute atomic E-state index is 13.2. The molecule has 4 heterocycles. The van der Waals surface area contributed by atoms with Crippen molar-refractivity contribution in [1.82, 2.24) is 19.7 Å². The van der Waals surface area contributed by atoms with E-state index in [4.69, 9.17) is 47.2 Å². The largest absolute Gasteiger partial charge is 0.486 e. The Kier molecular flexibility index (Phi) is 9.94. The van der Waals surface area contributed by atoms with Crippen LogP contribution >= 0.6 is 23.2 Å². The molecular formula is C32H37Cl2N5O5. The van der Waals surface area contributed by atoms with Gasteiger partial charge in [0.25, 0.3) is 0 Å². The highest BCUT2D eigenvalue weighted by Gasteiger charge is 2.26. The number of carbonyl (C=O) groups is 1. The topological polar surface area (TPSA) is 101 Å². The summed E-state index contributed by atoms with van der Waals surface area (Å²) in [4.78, 5) is 23.2. The molecule has 0 bridgehead atoms. The lowest BCUT2D eigenvalue weighted by atomic mass is 10.1. The van der Waals surface area contributed by atoms with Gasteiger partial charge in [0.1, 0.15) is 29.0 Å². The molecule has 2 atom stereocenters. The number of aromatic nitrogens is 4. The molecule has 4 aromatic rings. The zero-order valence-electron chi connectivity index (χ0n) is 25.5. The van der Waals surface area contributed by atoms with Crippen LogP contribution in [0.3, 0.4) is 0 Å². The van der Waals surface area contributed by atoms with Gasteiger partial charge in [-0.15, -0.1) is 0 Å². The first-order valence-electron chi connectivity index (χ1n) is 14.6. The predicted octanol–water partition coefficient (Wildman–Crippen LogP) is 8.03. The summed E-state index contributed by atoms with van der Waals surface area (Å²) in [5.41, 5.74) is 2.35. The molecular weight excluding hydrogens is 605 g/mol. The Balaban J connectivity index is 1.56. The van der Waals surface area contributed by atoms with Crippen molar-refractivity contribution in [3.8, 4) is 17.0 Å². The van der Waals surface area contributed by atoms with Crippen LogP contribution in [0.25, 0.3) is 22.2 Å². The Morgan fingerprint density at radius 3 is 2.61 bits per heavy atom. The minimum Gasteiger partial charge on any atom is -0.486 e. The minimum atomic E-state index is -0.673. The summed E-state index contributed by atoms with van der Waals surface area (Å²) >= 11 is 12.8. The van der Waals surface area contributed by atoms with Crippen molar-refractivity contribution < 1.29 is 23.7 Å². The zero-order valence-corrected chi connectivity index (χ0v) is 27.1. The molecule has 234 valence electrons. The second kappa shape index (κ2) is 13.7. The second-order valence-corrected chi connectivity index (χ2v) is 12.4. The fourth-order valence-corrected chi connectivity index (χ4v) is 5.80. The van der Waals surface area contributed by atoms with Gasteiger partial charge in [-0.05, 0) is 77.3 Å². The van der Waals surface area contributed by atoms with Gasteiger partial charge < -0.3 is 18.9 Å². The third kappa shape index (κ3) is 7.26. The Labute approximate surface area is 267 Å². The molecule has 1 fully saturated rings. The van der Waals surface area contributed by atoms with Gasteiger partial charge in [0, 0.05) is 48.8 Å². The standard InChI is InChI=1S/C32H37Cl2N5O5/c1-20(29-24(33)18-35-19-25(29)34)43-22-9-10-26-23(17-22)30(37-39(26)28-8-6-7-14-42-28)21-11-12-36-27(16-21)38(13-15-41-5)31(40)44-32(2,3)4/h9-12,16-20,28H,6-8,13-15H2,1-5H3/t20-,28?/m1/s1. The molecule has 0 radical (unpaired) electrons. The Bertz CT molecular complexity index is 1600. The van der Waals surface area contributed by atoms with E-state index in [0.717, 1.165) is 35.7 Å². The maximum atomic E-state index is 13.2. The first kappa shape index (κ1) is 32.0. The molecule has 1 unspecified atom stereocenters. The number of pyridine rings is 2. The van der Waals surface area contributed by atoms with Crippen molar-refractivity contribution in [2.24, 2.45) is 0 Å². The van der Waals surface area contributed by atoms with Crippen molar-refractivity contribution in [3.05, 3.63) is 64.5 Å². The number of benzene rings is 1. The molecule has 1 aromatic carbocycles. The third-order valence-corrected chi connectivity index (χ3v) is 7.75. The van der Waals surface area contributed by atoms with E-state index in [-0.39, 0.29) is 12.8 Å². The van der Waals surface area contributed by atoms with E-state index >= 15 is 0 Å². The van der Waals surface area contributed by atoms with Crippen molar-refractivity contribution in [2.75, 3.05) is 31.8 Å². The number of hydrogen-bond acceptors (Lipinski definition) is 8. The predicted molar refractivity (Wildman–Crippen MR) is 171 cm³/mol. The summed E-state index contributed by atoms with van der Waals surface area (Å²) in [6.45, 7) is 8.62. The quantitative estimate of drug-likeness (QED) is 0.181. The van der Waals surface area contributed by atoms with Crippen LogP contribution in [0.15, 0.2) is 48.9 Å². The highest BCUT2D eigenvalue weighted by molar-refractivity contribution is 6.35. The molecule has 1 aliphatic heterocycles. The first-order chi connectivity index (χ1) is 21.1. The number of methoxy groups -OCH3 is 1. The van der Waals surface area contributed by atoms with E-state index in [9.17, 15) is 4.79 Å². The van der Waals surface area contributed by atoms with E-state index in [1.165, 1.54) is 4.90 Å². The molecule has 0 aliphatic carbocycles. The number of rotatable bonds is 9. The minimum absolute atomic E-state index is 0.193. The maximum Gasteiger partial charge on any atom is 0.416 e. The van der Waals surface area contributed by atoms with Gasteiger partial charge in [0.2, 0.25) is 0 Å². The number of hydrogen-bond donors (Lipinski definition) is 0. The molecule has 44 heavy (non-hydrogen) atoms. The summed E-state index contributed by atoms with van der Waals surface area (Å²) in [5.74, 6) is 1.04. The fourth-order valence-electron chi connectivity index (χ4n) is 5.13. The van der Waals surface area contributed by atoms with Gasteiger partial charge in [-0.2, -0.15) is 5.10 Å². The highest BCUT2D eigenvalue weighted by atomic mass is 35.5. The van der Waals surface area contributed by atoms with Crippen LogP contribution in [0.1, 0.15) is 64.9 Å². The number of ether oxygens (including phenoxy) is 4. The number of nitrogens with zero attached hydrogens (tertiary/aromatic N) is 5. The third-order valence-electron chi connectivity index (χ3n) is 7.14.